The van der Waals surface area contributed by atoms with Crippen LogP contribution in [0.25, 0.3) is 0 Å². The summed E-state index contributed by atoms with van der Waals surface area (Å²) < 4.78 is 0. The van der Waals surface area contributed by atoms with E-state index in [1.807, 2.05) is 17.5 Å². The van der Waals surface area contributed by atoms with Gasteiger partial charge in [0.1, 0.15) is 18.5 Å². The molecule has 2 aromatic heterocycles. The van der Waals surface area contributed by atoms with E-state index < -0.39 is 17.6 Å². The highest BCUT2D eigenvalue weighted by molar-refractivity contribution is 7.09. The van der Waals surface area contributed by atoms with Gasteiger partial charge >= 0.3 is 0 Å². The van der Waals surface area contributed by atoms with Crippen molar-refractivity contribution in [2.45, 2.75) is 12.3 Å². The zero-order valence-electron chi connectivity index (χ0n) is 10.6. The largest absolute Gasteiger partial charge is 0.302 e. The lowest BCUT2D eigenvalue weighted by molar-refractivity contribution is -0.132. The predicted molar refractivity (Wildman–Crippen MR) is 75.6 cm³/mol. The summed E-state index contributed by atoms with van der Waals surface area (Å²) in [7, 11) is 0. The topological polar surface area (TPSA) is 64.1 Å². The summed E-state index contributed by atoms with van der Waals surface area (Å²) in [5, 5.41) is 1.92. The molecule has 0 aliphatic rings. The second kappa shape index (κ2) is 6.86. The summed E-state index contributed by atoms with van der Waals surface area (Å²) in [6, 6.07) is 9.10. The zero-order chi connectivity index (χ0) is 14.4. The Morgan fingerprint density at radius 1 is 1.20 bits per heavy atom. The van der Waals surface area contributed by atoms with Crippen LogP contribution in [-0.2, 0) is 20.8 Å². The van der Waals surface area contributed by atoms with Gasteiger partial charge in [-0.1, -0.05) is 12.1 Å². The van der Waals surface area contributed by atoms with E-state index in [0.717, 1.165) is 4.88 Å². The first kappa shape index (κ1) is 14.3. The van der Waals surface area contributed by atoms with Gasteiger partial charge in [0, 0.05) is 11.1 Å². The molecule has 0 amide bonds. The summed E-state index contributed by atoms with van der Waals surface area (Å²) in [6.45, 7) is 0. The Kier molecular flexibility index (Phi) is 4.90. The molecule has 5 heteroatoms. The lowest BCUT2D eigenvalue weighted by Crippen LogP contribution is -2.26. The number of Topliss-reactive ketones (excluding diaryl/α,β-unsaturated/α-hetero) is 1. The normalized spacial score (nSPS) is 12.1. The van der Waals surface area contributed by atoms with Gasteiger partial charge in [-0.25, -0.2) is 0 Å². The van der Waals surface area contributed by atoms with Gasteiger partial charge in [0.15, 0.2) is 5.78 Å². The fourth-order valence-corrected chi connectivity index (χ4v) is 2.71. The van der Waals surface area contributed by atoms with Crippen LogP contribution in [0.4, 0.5) is 0 Å². The fourth-order valence-electron chi connectivity index (χ4n) is 1.96. The van der Waals surface area contributed by atoms with Crippen LogP contribution < -0.4 is 0 Å². The third kappa shape index (κ3) is 3.24. The van der Waals surface area contributed by atoms with Crippen molar-refractivity contribution in [3.63, 3.8) is 0 Å². The van der Waals surface area contributed by atoms with Crippen LogP contribution >= 0.6 is 11.3 Å². The van der Waals surface area contributed by atoms with Crippen molar-refractivity contribution in [2.24, 2.45) is 5.92 Å². The van der Waals surface area contributed by atoms with Crippen molar-refractivity contribution in [3.05, 3.63) is 52.5 Å². The van der Waals surface area contributed by atoms with Gasteiger partial charge in [0.2, 0.25) is 0 Å². The van der Waals surface area contributed by atoms with Crippen molar-refractivity contribution in [1.29, 1.82) is 0 Å². The van der Waals surface area contributed by atoms with Crippen LogP contribution in [-0.4, -0.2) is 23.3 Å². The van der Waals surface area contributed by atoms with Gasteiger partial charge < -0.3 is 9.59 Å². The molecule has 0 N–H and O–H groups in total. The number of rotatable bonds is 7. The lowest BCUT2D eigenvalue weighted by atomic mass is 9.88. The van der Waals surface area contributed by atoms with Crippen molar-refractivity contribution < 1.29 is 14.4 Å². The van der Waals surface area contributed by atoms with E-state index in [4.69, 9.17) is 0 Å². The summed E-state index contributed by atoms with van der Waals surface area (Å²) in [5.41, 5.74) is 0.583. The molecular weight excluding hydrogens is 274 g/mol. The smallest absolute Gasteiger partial charge is 0.159 e. The number of hydrogen-bond acceptors (Lipinski definition) is 5. The molecule has 2 rings (SSSR count). The Labute approximate surface area is 120 Å². The summed E-state index contributed by atoms with van der Waals surface area (Å²) in [4.78, 5) is 39.2. The Morgan fingerprint density at radius 2 is 2.00 bits per heavy atom. The van der Waals surface area contributed by atoms with Crippen molar-refractivity contribution in [1.82, 2.24) is 4.98 Å². The van der Waals surface area contributed by atoms with Crippen molar-refractivity contribution >= 4 is 29.7 Å². The van der Waals surface area contributed by atoms with Crippen LogP contribution in [0.1, 0.15) is 16.5 Å². The highest BCUT2D eigenvalue weighted by Gasteiger charge is 2.29. The number of pyridine rings is 1. The number of ketones is 1. The maximum Gasteiger partial charge on any atom is 0.159 e. The molecule has 0 aliphatic carbocycles. The number of aldehydes is 2. The number of aromatic nitrogens is 1. The molecule has 20 heavy (non-hydrogen) atoms. The van der Waals surface area contributed by atoms with Gasteiger partial charge in [-0.15, -0.1) is 11.3 Å². The predicted octanol–water partition coefficient (Wildman–Crippen LogP) is 2.05. The average molecular weight is 287 g/mol. The minimum Gasteiger partial charge on any atom is -0.302 e. The van der Waals surface area contributed by atoms with E-state index in [1.165, 1.54) is 11.3 Å². The number of nitrogens with zero attached hydrogens (tertiary/aromatic N) is 1. The van der Waals surface area contributed by atoms with Crippen LogP contribution in [0.5, 0.6) is 0 Å². The number of carbonyl (C=O) groups is 3. The molecule has 0 bridgehead atoms. The maximum atomic E-state index is 12.3. The SMILES string of the molecule is O=CC(C=O)C(=O)C(Cc1cccs1)c1ccccn1. The molecule has 0 saturated carbocycles. The molecule has 4 nitrogen and oxygen atoms in total. The standard InChI is InChI=1S/C15H13NO3S/c17-9-11(10-18)15(19)13(8-12-4-3-7-20-12)14-5-1-2-6-16-14/h1-7,9-11,13H,8H2. The molecular formula is C15H13NO3S. The maximum absolute atomic E-state index is 12.3. The van der Waals surface area contributed by atoms with Crippen molar-refractivity contribution in [2.75, 3.05) is 0 Å². The summed E-state index contributed by atoms with van der Waals surface area (Å²) >= 11 is 1.53. The van der Waals surface area contributed by atoms with E-state index in [1.54, 1.807) is 24.4 Å². The fraction of sp³-hybridized carbons (Fsp3) is 0.200. The number of carbonyl (C=O) groups excluding carboxylic acids is 3. The van der Waals surface area contributed by atoms with Crippen LogP contribution in [0.3, 0.4) is 0 Å². The van der Waals surface area contributed by atoms with E-state index in [9.17, 15) is 14.4 Å². The monoisotopic (exact) mass is 287 g/mol. The first-order valence-corrected chi connectivity index (χ1v) is 7.02. The van der Waals surface area contributed by atoms with Gasteiger partial charge in [-0.05, 0) is 30.0 Å². The molecule has 2 heterocycles. The van der Waals surface area contributed by atoms with E-state index in [0.29, 0.717) is 24.7 Å². The quantitative estimate of drug-likeness (QED) is 0.577. The molecule has 102 valence electrons. The minimum atomic E-state index is -1.22. The number of hydrogen-bond donors (Lipinski definition) is 0. The molecule has 0 aliphatic heterocycles. The molecule has 0 spiro atoms. The van der Waals surface area contributed by atoms with E-state index in [-0.39, 0.29) is 0 Å². The second-order valence-corrected chi connectivity index (χ2v) is 5.32. The Hall–Kier alpha value is -2.14. The highest BCUT2D eigenvalue weighted by atomic mass is 32.1. The van der Waals surface area contributed by atoms with Gasteiger partial charge in [-0.2, -0.15) is 0 Å². The van der Waals surface area contributed by atoms with Gasteiger partial charge in [0.25, 0.3) is 0 Å². The van der Waals surface area contributed by atoms with Crippen LogP contribution in [0, 0.1) is 5.92 Å². The molecule has 2 aromatic rings. The Morgan fingerprint density at radius 3 is 2.55 bits per heavy atom. The summed E-state index contributed by atoms with van der Waals surface area (Å²) in [5.74, 6) is -2.20. The van der Waals surface area contributed by atoms with Gasteiger partial charge in [-0.3, -0.25) is 9.78 Å². The Balaban J connectivity index is 2.31. The van der Waals surface area contributed by atoms with E-state index >= 15 is 0 Å². The second-order valence-electron chi connectivity index (χ2n) is 4.29. The van der Waals surface area contributed by atoms with Crippen molar-refractivity contribution in [3.8, 4) is 0 Å². The van der Waals surface area contributed by atoms with Crippen LogP contribution in [0.15, 0.2) is 41.9 Å². The molecule has 1 atom stereocenters. The van der Waals surface area contributed by atoms with Gasteiger partial charge in [0.05, 0.1) is 11.6 Å². The van der Waals surface area contributed by atoms with Crippen LogP contribution in [0.2, 0.25) is 0 Å². The van der Waals surface area contributed by atoms with E-state index in [2.05, 4.69) is 4.98 Å². The first-order valence-electron chi connectivity index (χ1n) is 6.14. The Bertz CT molecular complexity index is 572. The average Bonchev–Trinajstić information content (AvgIpc) is 3.00. The third-order valence-corrected chi connectivity index (χ3v) is 3.89. The number of thiophene rings is 1. The first-order chi connectivity index (χ1) is 9.76. The zero-order valence-corrected chi connectivity index (χ0v) is 11.5. The molecule has 0 saturated heterocycles. The minimum absolute atomic E-state index is 0.389. The highest BCUT2D eigenvalue weighted by Crippen LogP contribution is 2.24. The molecule has 1 unspecified atom stereocenters. The molecule has 0 fully saturated rings. The summed E-state index contributed by atoms with van der Waals surface area (Å²) in [6.07, 6.45) is 2.83. The lowest BCUT2D eigenvalue weighted by Gasteiger charge is -2.15. The molecule has 0 aromatic carbocycles. The third-order valence-electron chi connectivity index (χ3n) is 3.00. The molecule has 0 radical (unpaired) electrons.